The number of carbonyl (C=O) groups is 2. The summed E-state index contributed by atoms with van der Waals surface area (Å²) in [5, 5.41) is 4.27. The van der Waals surface area contributed by atoms with Crippen LogP contribution in [0.5, 0.6) is 5.75 Å². The Bertz CT molecular complexity index is 673. The van der Waals surface area contributed by atoms with Crippen LogP contribution in [0.4, 0.5) is 0 Å². The summed E-state index contributed by atoms with van der Waals surface area (Å²) in [6, 6.07) is 7.56. The van der Waals surface area contributed by atoms with E-state index in [4.69, 9.17) is 4.74 Å². The van der Waals surface area contributed by atoms with Gasteiger partial charge in [0, 0.05) is 13.0 Å². The van der Waals surface area contributed by atoms with Gasteiger partial charge in [0.2, 0.25) is 11.8 Å². The molecule has 0 bridgehead atoms. The van der Waals surface area contributed by atoms with E-state index in [2.05, 4.69) is 29.6 Å². The fraction of sp³-hybridized carbons (Fsp3) is 0.524. The fourth-order valence-corrected chi connectivity index (χ4v) is 2.95. The quantitative estimate of drug-likeness (QED) is 0.568. The van der Waals surface area contributed by atoms with E-state index in [1.54, 1.807) is 7.11 Å². The molecule has 0 atom stereocenters. The van der Waals surface area contributed by atoms with Gasteiger partial charge in [-0.15, -0.1) is 0 Å². The van der Waals surface area contributed by atoms with Gasteiger partial charge in [0.1, 0.15) is 12.3 Å². The summed E-state index contributed by atoms with van der Waals surface area (Å²) < 4.78 is 5.17. The monoisotopic (exact) mass is 388 g/mol. The Balaban J connectivity index is 1.77. The van der Waals surface area contributed by atoms with E-state index in [0.29, 0.717) is 6.54 Å². The molecule has 2 N–H and O–H groups in total. The van der Waals surface area contributed by atoms with Gasteiger partial charge in [0.05, 0.1) is 12.8 Å². The van der Waals surface area contributed by atoms with Crippen LogP contribution in [-0.2, 0) is 9.59 Å². The highest BCUT2D eigenvalue weighted by molar-refractivity contribution is 5.88. The van der Waals surface area contributed by atoms with E-state index >= 15 is 0 Å². The smallest absolute Gasteiger partial charge is 0.245 e. The number of ether oxygens (including phenoxy) is 1. The van der Waals surface area contributed by atoms with Crippen molar-refractivity contribution < 1.29 is 14.3 Å². The molecule has 1 aliphatic heterocycles. The van der Waals surface area contributed by atoms with Gasteiger partial charge < -0.3 is 15.0 Å². The van der Waals surface area contributed by atoms with Crippen LogP contribution in [-0.4, -0.2) is 62.1 Å². The fourth-order valence-electron chi connectivity index (χ4n) is 2.95. The largest absolute Gasteiger partial charge is 0.497 e. The van der Waals surface area contributed by atoms with Gasteiger partial charge in [-0.05, 0) is 68.9 Å². The second-order valence-corrected chi connectivity index (χ2v) is 7.00. The molecule has 7 nitrogen and oxygen atoms in total. The van der Waals surface area contributed by atoms with E-state index in [0.717, 1.165) is 36.5 Å². The van der Waals surface area contributed by atoms with Crippen LogP contribution in [0.1, 0.15) is 38.2 Å². The number of nitrogens with zero attached hydrogens (tertiary/aromatic N) is 2. The molecule has 0 unspecified atom stereocenters. The van der Waals surface area contributed by atoms with E-state index < -0.39 is 0 Å². The molecule has 1 heterocycles. The predicted molar refractivity (Wildman–Crippen MR) is 110 cm³/mol. The molecular formula is C21H32N4O3. The highest BCUT2D eigenvalue weighted by Crippen LogP contribution is 2.20. The van der Waals surface area contributed by atoms with Crippen molar-refractivity contribution in [3.63, 3.8) is 0 Å². The zero-order valence-corrected chi connectivity index (χ0v) is 17.2. The van der Waals surface area contributed by atoms with Gasteiger partial charge in [0.25, 0.3) is 0 Å². The molecule has 0 aliphatic carbocycles. The lowest BCUT2D eigenvalue weighted by molar-refractivity contribution is -0.137. The van der Waals surface area contributed by atoms with Gasteiger partial charge in [0.15, 0.2) is 0 Å². The number of nitrogens with one attached hydrogen (secondary N) is 2. The van der Waals surface area contributed by atoms with Gasteiger partial charge in [-0.3, -0.25) is 15.0 Å². The third-order valence-corrected chi connectivity index (χ3v) is 4.67. The molecule has 1 aromatic carbocycles. The summed E-state index contributed by atoms with van der Waals surface area (Å²) in [7, 11) is 3.72. The van der Waals surface area contributed by atoms with Crippen LogP contribution in [0.3, 0.4) is 0 Å². The number of amides is 2. The van der Waals surface area contributed by atoms with Crippen molar-refractivity contribution in [3.8, 4) is 5.75 Å². The summed E-state index contributed by atoms with van der Waals surface area (Å²) in [5.74, 6) is 0.493. The molecule has 0 aromatic heterocycles. The number of carbonyl (C=O) groups excluding carboxylic acids is 2. The Kier molecular flexibility index (Phi) is 8.81. The van der Waals surface area contributed by atoms with Crippen LogP contribution in [0.25, 0.3) is 5.70 Å². The Morgan fingerprint density at radius 2 is 1.96 bits per heavy atom. The molecule has 7 heteroatoms. The van der Waals surface area contributed by atoms with Crippen molar-refractivity contribution in [3.05, 3.63) is 35.9 Å². The molecule has 0 saturated heterocycles. The number of hydrazine groups is 1. The predicted octanol–water partition coefficient (Wildman–Crippen LogP) is 2.01. The molecule has 0 radical (unpaired) electrons. The zero-order chi connectivity index (χ0) is 20.4. The first-order valence-electron chi connectivity index (χ1n) is 9.90. The normalized spacial score (nSPS) is 13.9. The lowest BCUT2D eigenvalue weighted by Gasteiger charge is -2.29. The lowest BCUT2D eigenvalue weighted by Crippen LogP contribution is -2.49. The third-order valence-electron chi connectivity index (χ3n) is 4.67. The summed E-state index contributed by atoms with van der Waals surface area (Å²) in [5.41, 5.74) is 4.81. The Morgan fingerprint density at radius 1 is 1.25 bits per heavy atom. The number of hydrogen-bond donors (Lipinski definition) is 2. The number of methoxy groups -OCH3 is 1. The summed E-state index contributed by atoms with van der Waals surface area (Å²) >= 11 is 0. The average molecular weight is 389 g/mol. The van der Waals surface area contributed by atoms with Crippen molar-refractivity contribution in [1.29, 1.82) is 0 Å². The van der Waals surface area contributed by atoms with E-state index in [1.807, 2.05) is 30.3 Å². The first-order valence-corrected chi connectivity index (χ1v) is 9.90. The molecule has 0 saturated carbocycles. The molecule has 1 aromatic rings. The Morgan fingerprint density at radius 3 is 2.64 bits per heavy atom. The van der Waals surface area contributed by atoms with Crippen molar-refractivity contribution >= 4 is 17.5 Å². The molecule has 2 amide bonds. The number of benzene rings is 1. The van der Waals surface area contributed by atoms with Crippen LogP contribution >= 0.6 is 0 Å². The minimum Gasteiger partial charge on any atom is -0.497 e. The van der Waals surface area contributed by atoms with Crippen LogP contribution < -0.4 is 15.5 Å². The van der Waals surface area contributed by atoms with Crippen molar-refractivity contribution in [2.24, 2.45) is 0 Å². The lowest BCUT2D eigenvalue weighted by atomic mass is 10.1. The van der Waals surface area contributed by atoms with Gasteiger partial charge >= 0.3 is 0 Å². The maximum absolute atomic E-state index is 12.2. The molecule has 28 heavy (non-hydrogen) atoms. The average Bonchev–Trinajstić information content (AvgIpc) is 2.71. The maximum Gasteiger partial charge on any atom is 0.245 e. The summed E-state index contributed by atoms with van der Waals surface area (Å²) in [6.07, 6.45) is 5.37. The third kappa shape index (κ3) is 6.88. The Hall–Kier alpha value is -2.54. The molecular weight excluding hydrogens is 356 g/mol. The molecule has 2 rings (SSSR count). The van der Waals surface area contributed by atoms with Crippen molar-refractivity contribution in [2.75, 3.05) is 40.3 Å². The van der Waals surface area contributed by atoms with Gasteiger partial charge in [-0.1, -0.05) is 13.3 Å². The number of unbranched alkanes of at least 4 members (excludes halogenated alkanes) is 1. The van der Waals surface area contributed by atoms with Crippen LogP contribution in [0, 0.1) is 0 Å². The van der Waals surface area contributed by atoms with Crippen molar-refractivity contribution in [1.82, 2.24) is 20.7 Å². The minimum atomic E-state index is -0.159. The van der Waals surface area contributed by atoms with Crippen molar-refractivity contribution in [2.45, 2.75) is 32.6 Å². The first-order chi connectivity index (χ1) is 13.5. The standard InChI is InChI=1S/C21H32N4O3/c1-4-5-14-24(2)15-6-13-22-20(26)16-25-21(27)12-11-19(23-25)17-7-9-18(28-3)10-8-17/h7-11,23H,4-6,12-16H2,1-3H3,(H,22,26). The van der Waals surface area contributed by atoms with Crippen LogP contribution in [0.15, 0.2) is 30.3 Å². The topological polar surface area (TPSA) is 73.9 Å². The first kappa shape index (κ1) is 21.8. The number of rotatable bonds is 11. The molecule has 1 aliphatic rings. The minimum absolute atomic E-state index is 0.00198. The number of hydrogen-bond acceptors (Lipinski definition) is 5. The SMILES string of the molecule is CCCCN(C)CCCNC(=O)CN1NC(c2ccc(OC)cc2)=CCC1=O. The van der Waals surface area contributed by atoms with Crippen LogP contribution in [0.2, 0.25) is 0 Å². The molecule has 154 valence electrons. The van der Waals surface area contributed by atoms with Gasteiger partial charge in [-0.25, -0.2) is 5.01 Å². The molecule has 0 fully saturated rings. The Labute approximate surface area is 167 Å². The highest BCUT2D eigenvalue weighted by Gasteiger charge is 2.22. The highest BCUT2D eigenvalue weighted by atomic mass is 16.5. The van der Waals surface area contributed by atoms with E-state index in [9.17, 15) is 9.59 Å². The van der Waals surface area contributed by atoms with Gasteiger partial charge in [-0.2, -0.15) is 0 Å². The summed E-state index contributed by atoms with van der Waals surface area (Å²) in [6.45, 7) is 4.82. The second-order valence-electron chi connectivity index (χ2n) is 7.00. The molecule has 0 spiro atoms. The van der Waals surface area contributed by atoms with E-state index in [1.165, 1.54) is 17.9 Å². The van der Waals surface area contributed by atoms with E-state index in [-0.39, 0.29) is 24.8 Å². The summed E-state index contributed by atoms with van der Waals surface area (Å²) in [4.78, 5) is 26.6. The zero-order valence-electron chi connectivity index (χ0n) is 17.2. The maximum atomic E-state index is 12.2. The second kappa shape index (κ2) is 11.3.